The van der Waals surface area contributed by atoms with Gasteiger partial charge in [0.1, 0.15) is 11.9 Å². The van der Waals surface area contributed by atoms with Crippen LogP contribution in [0.15, 0.2) is 71.8 Å². The van der Waals surface area contributed by atoms with E-state index >= 15 is 0 Å². The number of hydrogen-bond acceptors (Lipinski definition) is 8. The van der Waals surface area contributed by atoms with Crippen LogP contribution in [0.5, 0.6) is 5.88 Å². The van der Waals surface area contributed by atoms with E-state index in [9.17, 15) is 18.0 Å². The first-order valence-corrected chi connectivity index (χ1v) is 18.1. The zero-order valence-electron chi connectivity index (χ0n) is 28.2. The first-order valence-electron chi connectivity index (χ1n) is 16.5. The second-order valence-electron chi connectivity index (χ2n) is 14.1. The molecule has 47 heavy (non-hydrogen) atoms. The molecule has 1 aromatic heterocycles. The van der Waals surface area contributed by atoms with E-state index in [1.54, 1.807) is 41.4 Å². The quantitative estimate of drug-likeness (QED) is 0.320. The molecule has 2 heterocycles. The number of ether oxygens (including phenoxy) is 1. The summed E-state index contributed by atoms with van der Waals surface area (Å²) in [7, 11) is -1.50. The Morgan fingerprint density at radius 1 is 1.04 bits per heavy atom. The molecule has 252 valence electrons. The summed E-state index contributed by atoms with van der Waals surface area (Å²) in [5.41, 5.74) is 0.993. The fraction of sp³-hybridized carbons (Fsp3) is 0.500. The van der Waals surface area contributed by atoms with Crippen molar-refractivity contribution in [2.75, 3.05) is 19.3 Å². The van der Waals surface area contributed by atoms with Crippen molar-refractivity contribution in [1.82, 2.24) is 25.1 Å². The van der Waals surface area contributed by atoms with Gasteiger partial charge in [0.15, 0.2) is 9.84 Å². The molecule has 1 saturated carbocycles. The molecule has 1 aliphatic carbocycles. The second-order valence-corrected chi connectivity index (χ2v) is 16.1. The van der Waals surface area contributed by atoms with Gasteiger partial charge in [-0.3, -0.25) is 4.79 Å². The maximum absolute atomic E-state index is 13.8. The van der Waals surface area contributed by atoms with Crippen LogP contribution in [0.25, 0.3) is 11.1 Å². The Balaban J connectivity index is 1.32. The zero-order chi connectivity index (χ0) is 33.9. The molecule has 1 aliphatic heterocycles. The Kier molecular flexibility index (Phi) is 10.4. The van der Waals surface area contributed by atoms with Gasteiger partial charge < -0.3 is 19.9 Å². The predicted octanol–water partition coefficient (Wildman–Crippen LogP) is 5.48. The van der Waals surface area contributed by atoms with Crippen LogP contribution in [0.2, 0.25) is 0 Å². The molecule has 4 atom stereocenters. The second kappa shape index (κ2) is 14.1. The van der Waals surface area contributed by atoms with Gasteiger partial charge in [0.25, 0.3) is 0 Å². The molecule has 0 spiro atoms. The molecule has 5 rings (SSSR count). The highest BCUT2D eigenvalue weighted by Crippen LogP contribution is 2.36. The van der Waals surface area contributed by atoms with Crippen molar-refractivity contribution in [2.24, 2.45) is 5.92 Å². The fourth-order valence-corrected chi connectivity index (χ4v) is 8.34. The van der Waals surface area contributed by atoms with E-state index in [4.69, 9.17) is 4.74 Å². The van der Waals surface area contributed by atoms with Gasteiger partial charge in [0.2, 0.25) is 11.8 Å². The highest BCUT2D eigenvalue weighted by atomic mass is 32.2. The van der Waals surface area contributed by atoms with Crippen LogP contribution >= 0.6 is 0 Å². The number of benzene rings is 2. The lowest BCUT2D eigenvalue weighted by Gasteiger charge is -2.44. The van der Waals surface area contributed by atoms with Crippen molar-refractivity contribution in [3.63, 3.8) is 0 Å². The monoisotopic (exact) mass is 661 g/mol. The van der Waals surface area contributed by atoms with Gasteiger partial charge in [0, 0.05) is 36.3 Å². The minimum atomic E-state index is -3.58. The molecule has 0 unspecified atom stereocenters. The normalized spacial score (nSPS) is 22.1. The molecule has 3 aromatic rings. The lowest BCUT2D eigenvalue weighted by Crippen LogP contribution is -2.53. The van der Waals surface area contributed by atoms with Crippen LogP contribution in [-0.4, -0.2) is 83.7 Å². The van der Waals surface area contributed by atoms with E-state index in [0.29, 0.717) is 48.1 Å². The Morgan fingerprint density at radius 2 is 1.70 bits per heavy atom. The SMILES string of the molecule is CC(C)N(C)[C@@H]1CC[C@H](N2CC[C@H](NC(=O)Oc3nc(C(C)(C)C)ncc3-c3ccccc3)C2=O)[C@H](CS(=O)(=O)c2ccccc2)C1. The summed E-state index contributed by atoms with van der Waals surface area (Å²) in [6.07, 6.45) is 3.51. The number of likely N-dealkylation sites (tertiary alicyclic amines) is 1. The Hall–Kier alpha value is -3.83. The van der Waals surface area contributed by atoms with E-state index in [-0.39, 0.29) is 41.0 Å². The van der Waals surface area contributed by atoms with E-state index in [1.165, 1.54) is 0 Å². The number of hydrogen-bond donors (Lipinski definition) is 1. The maximum atomic E-state index is 13.8. The molecule has 0 bridgehead atoms. The van der Waals surface area contributed by atoms with Gasteiger partial charge in [-0.2, -0.15) is 4.98 Å². The van der Waals surface area contributed by atoms with E-state index in [0.717, 1.165) is 12.0 Å². The summed E-state index contributed by atoms with van der Waals surface area (Å²) in [5.74, 6) is 0.138. The van der Waals surface area contributed by atoms with Crippen molar-refractivity contribution < 1.29 is 22.7 Å². The van der Waals surface area contributed by atoms with Crippen LogP contribution in [0.1, 0.15) is 66.1 Å². The highest BCUT2D eigenvalue weighted by Gasteiger charge is 2.44. The summed E-state index contributed by atoms with van der Waals surface area (Å²) in [6, 6.07) is 17.5. The van der Waals surface area contributed by atoms with Crippen LogP contribution in [0, 0.1) is 5.92 Å². The molecule has 1 saturated heterocycles. The van der Waals surface area contributed by atoms with Gasteiger partial charge in [-0.05, 0) is 70.2 Å². The van der Waals surface area contributed by atoms with Gasteiger partial charge in [-0.1, -0.05) is 69.3 Å². The zero-order valence-corrected chi connectivity index (χ0v) is 29.0. The largest absolute Gasteiger partial charge is 0.414 e. The molecule has 2 aliphatic rings. The van der Waals surface area contributed by atoms with Crippen molar-refractivity contribution in [3.8, 4) is 17.0 Å². The average Bonchev–Trinajstić information content (AvgIpc) is 3.39. The number of carbonyl (C=O) groups excluding carboxylic acids is 2. The molecule has 1 N–H and O–H groups in total. The molecule has 2 amide bonds. The topological polar surface area (TPSA) is 122 Å². The Bertz CT molecular complexity index is 1660. The number of nitrogens with one attached hydrogen (secondary N) is 1. The molecular weight excluding hydrogens is 614 g/mol. The molecule has 11 heteroatoms. The van der Waals surface area contributed by atoms with Gasteiger partial charge in [-0.25, -0.2) is 18.2 Å². The Morgan fingerprint density at radius 3 is 2.34 bits per heavy atom. The third-order valence-electron chi connectivity index (χ3n) is 9.47. The number of nitrogens with zero attached hydrogens (tertiary/aromatic N) is 4. The summed E-state index contributed by atoms with van der Waals surface area (Å²) >= 11 is 0. The van der Waals surface area contributed by atoms with Crippen molar-refractivity contribution in [2.45, 2.75) is 94.8 Å². The van der Waals surface area contributed by atoms with Crippen LogP contribution in [0.3, 0.4) is 0 Å². The molecule has 2 aromatic carbocycles. The summed E-state index contributed by atoms with van der Waals surface area (Å²) in [4.78, 5) is 40.6. The standard InChI is InChI=1S/C36H47N5O5S/c1-24(2)40(6)27-17-18-31(26(21-27)23-47(44,45)28-15-11-8-12-16-28)41-20-19-30(33(41)42)38-35(43)46-32-29(25-13-9-7-10-14-25)22-37-34(39-32)36(3,4)5/h7-16,22,24,26-27,30-31H,17-21,23H2,1-6H3,(H,38,43)/t26-,27+,30-,31-/m0/s1. The third-order valence-corrected chi connectivity index (χ3v) is 11.3. The number of carbonyl (C=O) groups is 2. The number of rotatable bonds is 9. The minimum absolute atomic E-state index is 0.0416. The molecule has 2 fully saturated rings. The van der Waals surface area contributed by atoms with Gasteiger partial charge >= 0.3 is 6.09 Å². The number of sulfone groups is 1. The smallest absolute Gasteiger partial charge is 0.390 e. The van der Waals surface area contributed by atoms with Crippen LogP contribution in [0.4, 0.5) is 4.79 Å². The molecule has 0 radical (unpaired) electrons. The van der Waals surface area contributed by atoms with E-state index in [1.807, 2.05) is 51.1 Å². The lowest BCUT2D eigenvalue weighted by molar-refractivity contribution is -0.133. The number of aromatic nitrogens is 2. The van der Waals surface area contributed by atoms with E-state index < -0.39 is 22.0 Å². The molecular formula is C36H47N5O5S. The summed E-state index contributed by atoms with van der Waals surface area (Å²) < 4.78 is 32.9. The predicted molar refractivity (Wildman–Crippen MR) is 182 cm³/mol. The van der Waals surface area contributed by atoms with Crippen molar-refractivity contribution >= 4 is 21.8 Å². The first-order chi connectivity index (χ1) is 22.2. The van der Waals surface area contributed by atoms with Crippen LogP contribution < -0.4 is 10.1 Å². The van der Waals surface area contributed by atoms with Crippen LogP contribution in [-0.2, 0) is 20.0 Å². The Labute approximate surface area is 278 Å². The highest BCUT2D eigenvalue weighted by molar-refractivity contribution is 7.91. The van der Waals surface area contributed by atoms with Gasteiger partial charge in [-0.15, -0.1) is 0 Å². The first kappa shape index (κ1) is 34.5. The summed E-state index contributed by atoms with van der Waals surface area (Å²) in [6.45, 7) is 10.6. The van der Waals surface area contributed by atoms with Crippen molar-refractivity contribution in [3.05, 3.63) is 72.7 Å². The van der Waals surface area contributed by atoms with E-state index in [2.05, 4.69) is 41.1 Å². The van der Waals surface area contributed by atoms with Gasteiger partial charge in [0.05, 0.1) is 16.2 Å². The number of amides is 2. The minimum Gasteiger partial charge on any atom is -0.390 e. The average molecular weight is 662 g/mol. The van der Waals surface area contributed by atoms with Crippen molar-refractivity contribution in [1.29, 1.82) is 0 Å². The maximum Gasteiger partial charge on any atom is 0.414 e. The lowest BCUT2D eigenvalue weighted by atomic mass is 9.81. The fourth-order valence-electron chi connectivity index (χ4n) is 6.66. The third kappa shape index (κ3) is 8.01. The summed E-state index contributed by atoms with van der Waals surface area (Å²) in [5, 5.41) is 2.77. The molecule has 10 nitrogen and oxygen atoms in total.